The third-order valence-corrected chi connectivity index (χ3v) is 4.98. The van der Waals surface area contributed by atoms with Crippen LogP contribution in [0.25, 0.3) is 5.69 Å². The molecular weight excluding hydrogens is 350 g/mol. The van der Waals surface area contributed by atoms with Crippen LogP contribution in [-0.4, -0.2) is 20.7 Å². The first-order valence-electron chi connectivity index (χ1n) is 9.54. The van der Waals surface area contributed by atoms with Crippen molar-refractivity contribution in [1.29, 1.82) is 5.26 Å². The lowest BCUT2D eigenvalue weighted by Crippen LogP contribution is -2.16. The van der Waals surface area contributed by atoms with Gasteiger partial charge in [-0.2, -0.15) is 10.4 Å². The Balaban J connectivity index is 1.40. The van der Waals surface area contributed by atoms with Crippen LogP contribution in [0.2, 0.25) is 0 Å². The third kappa shape index (κ3) is 3.94. The van der Waals surface area contributed by atoms with Crippen molar-refractivity contribution in [3.8, 4) is 11.8 Å². The van der Waals surface area contributed by atoms with E-state index in [2.05, 4.69) is 21.5 Å². The van der Waals surface area contributed by atoms with Crippen LogP contribution in [0.1, 0.15) is 41.6 Å². The van der Waals surface area contributed by atoms with Crippen molar-refractivity contribution in [1.82, 2.24) is 14.8 Å². The van der Waals surface area contributed by atoms with E-state index in [9.17, 15) is 10.1 Å². The van der Waals surface area contributed by atoms with Crippen LogP contribution in [0.3, 0.4) is 0 Å². The maximum atomic E-state index is 12.4. The molecule has 2 heterocycles. The van der Waals surface area contributed by atoms with Crippen molar-refractivity contribution in [2.24, 2.45) is 0 Å². The fourth-order valence-corrected chi connectivity index (χ4v) is 3.48. The smallest absolute Gasteiger partial charge is 0.225 e. The predicted octanol–water partition coefficient (Wildman–Crippen LogP) is 3.59. The molecule has 0 saturated heterocycles. The summed E-state index contributed by atoms with van der Waals surface area (Å²) in [7, 11) is 0. The zero-order valence-electron chi connectivity index (χ0n) is 15.6. The zero-order chi connectivity index (χ0) is 19.3. The van der Waals surface area contributed by atoms with Crippen molar-refractivity contribution >= 4 is 11.7 Å². The van der Waals surface area contributed by atoms with Crippen molar-refractivity contribution in [2.75, 3.05) is 5.32 Å². The van der Waals surface area contributed by atoms with E-state index in [1.807, 2.05) is 42.6 Å². The third-order valence-electron chi connectivity index (χ3n) is 4.98. The molecular formula is C22H21N5O. The summed E-state index contributed by atoms with van der Waals surface area (Å²) in [5.41, 5.74) is 4.54. The number of nitrogens with one attached hydrogen (secondary N) is 1. The lowest BCUT2D eigenvalue weighted by molar-refractivity contribution is -0.116. The zero-order valence-corrected chi connectivity index (χ0v) is 15.6. The summed E-state index contributed by atoms with van der Waals surface area (Å²) < 4.78 is 1.80. The van der Waals surface area contributed by atoms with Crippen molar-refractivity contribution in [3.05, 3.63) is 71.2 Å². The molecule has 2 aromatic heterocycles. The molecule has 6 heteroatoms. The summed E-state index contributed by atoms with van der Waals surface area (Å²) in [6.45, 7) is 0. The molecule has 1 aliphatic rings. The molecule has 4 rings (SSSR count). The summed E-state index contributed by atoms with van der Waals surface area (Å²) in [6.07, 6.45) is 8.68. The molecule has 0 radical (unpaired) electrons. The Bertz CT molecular complexity index is 1030. The highest BCUT2D eigenvalue weighted by atomic mass is 16.1. The predicted molar refractivity (Wildman–Crippen MR) is 106 cm³/mol. The number of nitrogens with zero attached hydrogens (tertiary/aromatic N) is 4. The number of hydrogen-bond acceptors (Lipinski definition) is 4. The number of aryl methyl sites for hydroxylation is 3. The number of fused-ring (bicyclic) bond motifs is 1. The van der Waals surface area contributed by atoms with Gasteiger partial charge in [-0.3, -0.25) is 4.79 Å². The van der Waals surface area contributed by atoms with Crippen LogP contribution in [0, 0.1) is 11.3 Å². The van der Waals surface area contributed by atoms with Gasteiger partial charge in [0.15, 0.2) is 5.82 Å². The molecule has 0 aliphatic heterocycles. The van der Waals surface area contributed by atoms with Crippen LogP contribution >= 0.6 is 0 Å². The van der Waals surface area contributed by atoms with Crippen molar-refractivity contribution in [2.45, 2.75) is 38.5 Å². The van der Waals surface area contributed by atoms with Gasteiger partial charge in [-0.1, -0.05) is 18.2 Å². The molecule has 0 spiro atoms. The highest BCUT2D eigenvalue weighted by Gasteiger charge is 2.16. The first-order chi connectivity index (χ1) is 13.7. The van der Waals surface area contributed by atoms with Crippen LogP contribution in [-0.2, 0) is 24.1 Å². The van der Waals surface area contributed by atoms with E-state index in [0.717, 1.165) is 48.2 Å². The van der Waals surface area contributed by atoms with Gasteiger partial charge in [-0.25, -0.2) is 9.67 Å². The highest BCUT2D eigenvalue weighted by molar-refractivity contribution is 5.91. The molecule has 0 unspecified atom stereocenters. The molecule has 140 valence electrons. The minimum atomic E-state index is -0.146. The molecule has 1 aromatic carbocycles. The summed E-state index contributed by atoms with van der Waals surface area (Å²) in [6, 6.07) is 13.9. The monoisotopic (exact) mass is 371 g/mol. The number of para-hydroxylation sites is 1. The minimum absolute atomic E-state index is 0.146. The fourth-order valence-electron chi connectivity index (χ4n) is 3.48. The second-order valence-electron chi connectivity index (χ2n) is 6.99. The Kier molecular flexibility index (Phi) is 5.16. The highest BCUT2D eigenvalue weighted by Crippen LogP contribution is 2.24. The summed E-state index contributed by atoms with van der Waals surface area (Å²) >= 11 is 0. The fraction of sp³-hybridized carbons (Fsp3) is 0.273. The number of pyridine rings is 1. The molecule has 3 aromatic rings. The summed E-state index contributed by atoms with van der Waals surface area (Å²) in [5, 5.41) is 16.6. The van der Waals surface area contributed by atoms with Gasteiger partial charge in [0.2, 0.25) is 5.91 Å². The van der Waals surface area contributed by atoms with E-state index in [-0.39, 0.29) is 5.91 Å². The molecule has 6 nitrogen and oxygen atoms in total. The van der Waals surface area contributed by atoms with Gasteiger partial charge in [0.1, 0.15) is 6.07 Å². The minimum Gasteiger partial charge on any atom is -0.310 e. The van der Waals surface area contributed by atoms with E-state index >= 15 is 0 Å². The van der Waals surface area contributed by atoms with Crippen LogP contribution in [0.4, 0.5) is 5.82 Å². The Morgan fingerprint density at radius 1 is 1.21 bits per heavy atom. The molecule has 1 aliphatic carbocycles. The standard InChI is InChI=1S/C22H21N5O/c23-13-18-12-17-6-4-5-9-20(17)25-22(18)26-21(28)11-10-16-14-24-27(15-16)19-7-2-1-3-8-19/h1-3,7-8,12,14-15H,4-6,9-11H2,(H,25,26,28). The molecule has 0 atom stereocenters. The molecule has 0 bridgehead atoms. The quantitative estimate of drug-likeness (QED) is 0.743. The number of carbonyl (C=O) groups is 1. The van der Waals surface area contributed by atoms with Gasteiger partial charge in [0.25, 0.3) is 0 Å². The second-order valence-corrected chi connectivity index (χ2v) is 6.99. The average Bonchev–Trinajstić information content (AvgIpc) is 3.21. The Morgan fingerprint density at radius 2 is 2.04 bits per heavy atom. The Hall–Kier alpha value is -3.46. The summed E-state index contributed by atoms with van der Waals surface area (Å²) in [4.78, 5) is 17.0. The van der Waals surface area contributed by atoms with Crippen molar-refractivity contribution < 1.29 is 4.79 Å². The normalized spacial score (nSPS) is 12.8. The number of benzene rings is 1. The SMILES string of the molecule is N#Cc1cc2c(nc1NC(=O)CCc1cnn(-c3ccccc3)c1)CCCC2. The number of nitriles is 1. The van der Waals surface area contributed by atoms with Gasteiger partial charge in [0, 0.05) is 18.3 Å². The maximum Gasteiger partial charge on any atom is 0.225 e. The number of carbonyl (C=O) groups excluding carboxylic acids is 1. The molecule has 1 N–H and O–H groups in total. The number of hydrogen-bond donors (Lipinski definition) is 1. The lowest BCUT2D eigenvalue weighted by Gasteiger charge is -2.17. The first-order valence-corrected chi connectivity index (χ1v) is 9.54. The maximum absolute atomic E-state index is 12.4. The molecule has 0 saturated carbocycles. The van der Waals surface area contributed by atoms with Crippen LogP contribution in [0.15, 0.2) is 48.8 Å². The largest absolute Gasteiger partial charge is 0.310 e. The second kappa shape index (κ2) is 8.05. The Morgan fingerprint density at radius 3 is 2.86 bits per heavy atom. The van der Waals surface area contributed by atoms with E-state index < -0.39 is 0 Å². The molecule has 28 heavy (non-hydrogen) atoms. The van der Waals surface area contributed by atoms with Gasteiger partial charge in [0.05, 0.1) is 17.4 Å². The van der Waals surface area contributed by atoms with Gasteiger partial charge in [-0.05, 0) is 61.4 Å². The number of rotatable bonds is 5. The van der Waals surface area contributed by atoms with Gasteiger partial charge >= 0.3 is 0 Å². The number of amides is 1. The molecule has 1 amide bonds. The van der Waals surface area contributed by atoms with Crippen LogP contribution in [0.5, 0.6) is 0 Å². The van der Waals surface area contributed by atoms with Crippen LogP contribution < -0.4 is 5.32 Å². The van der Waals surface area contributed by atoms with Gasteiger partial charge < -0.3 is 5.32 Å². The van der Waals surface area contributed by atoms with Gasteiger partial charge in [-0.15, -0.1) is 0 Å². The number of anilines is 1. The van der Waals surface area contributed by atoms with Crippen molar-refractivity contribution in [3.63, 3.8) is 0 Å². The average molecular weight is 371 g/mol. The van der Waals surface area contributed by atoms with E-state index in [4.69, 9.17) is 0 Å². The lowest BCUT2D eigenvalue weighted by atomic mass is 9.95. The first kappa shape index (κ1) is 17.9. The van der Waals surface area contributed by atoms with E-state index in [0.29, 0.717) is 24.2 Å². The topological polar surface area (TPSA) is 83.6 Å². The number of aromatic nitrogens is 3. The van der Waals surface area contributed by atoms with E-state index in [1.165, 1.54) is 0 Å². The van der Waals surface area contributed by atoms with E-state index in [1.54, 1.807) is 10.9 Å². The molecule has 0 fully saturated rings. The Labute approximate surface area is 163 Å². The summed E-state index contributed by atoms with van der Waals surface area (Å²) in [5.74, 6) is 0.236.